The number of esters is 1. The minimum atomic E-state index is -3.81. The van der Waals surface area contributed by atoms with E-state index in [2.05, 4.69) is 4.72 Å². The van der Waals surface area contributed by atoms with Crippen LogP contribution in [0.1, 0.15) is 40.7 Å². The molecular formula is C19H26N2O4S. The minimum absolute atomic E-state index is 0.00987. The fourth-order valence-corrected chi connectivity index (χ4v) is 4.49. The van der Waals surface area contributed by atoms with Crippen LogP contribution in [-0.4, -0.2) is 32.1 Å². The summed E-state index contributed by atoms with van der Waals surface area (Å²) in [5.74, 6) is -0.613. The van der Waals surface area contributed by atoms with Gasteiger partial charge in [-0.1, -0.05) is 30.3 Å². The minimum Gasteiger partial charge on any atom is -0.462 e. The summed E-state index contributed by atoms with van der Waals surface area (Å²) in [6.07, 6.45) is 1.45. The molecule has 2 rings (SSSR count). The molecule has 1 N–H and O–H groups in total. The van der Waals surface area contributed by atoms with E-state index in [0.717, 1.165) is 12.0 Å². The molecule has 0 saturated carbocycles. The van der Waals surface area contributed by atoms with Crippen molar-refractivity contribution in [1.82, 2.24) is 9.29 Å². The number of benzene rings is 1. The fourth-order valence-electron chi connectivity index (χ4n) is 2.91. The number of nitrogens with zero attached hydrogens (tertiary/aromatic N) is 1. The third-order valence-electron chi connectivity index (χ3n) is 4.45. The highest BCUT2D eigenvalue weighted by atomic mass is 32.2. The van der Waals surface area contributed by atoms with Crippen LogP contribution in [0.15, 0.2) is 35.2 Å². The molecule has 0 saturated heterocycles. The summed E-state index contributed by atoms with van der Waals surface area (Å²) in [6.45, 7) is 5.59. The van der Waals surface area contributed by atoms with Gasteiger partial charge in [-0.3, -0.25) is 0 Å². The lowest BCUT2D eigenvalue weighted by molar-refractivity contribution is 0.0521. The first-order valence-electron chi connectivity index (χ1n) is 8.66. The van der Waals surface area contributed by atoms with Gasteiger partial charge in [0.1, 0.15) is 10.5 Å². The van der Waals surface area contributed by atoms with Crippen LogP contribution in [0.4, 0.5) is 0 Å². The molecule has 0 unspecified atom stereocenters. The monoisotopic (exact) mass is 378 g/mol. The van der Waals surface area contributed by atoms with Crippen LogP contribution in [0, 0.1) is 13.8 Å². The highest BCUT2D eigenvalue weighted by Crippen LogP contribution is 2.26. The average Bonchev–Trinajstić information content (AvgIpc) is 2.84. The Morgan fingerprint density at radius 3 is 2.42 bits per heavy atom. The summed E-state index contributed by atoms with van der Waals surface area (Å²) in [5.41, 5.74) is 2.36. The number of rotatable bonds is 8. The number of carbonyl (C=O) groups is 1. The largest absolute Gasteiger partial charge is 0.462 e. The molecule has 0 aliphatic heterocycles. The molecule has 0 atom stereocenters. The Morgan fingerprint density at radius 2 is 1.81 bits per heavy atom. The second-order valence-electron chi connectivity index (χ2n) is 6.14. The zero-order chi connectivity index (χ0) is 19.3. The van der Waals surface area contributed by atoms with Gasteiger partial charge in [-0.25, -0.2) is 17.9 Å². The van der Waals surface area contributed by atoms with E-state index in [1.165, 1.54) is 0 Å². The number of ether oxygens (including phenoxy) is 1. The second kappa shape index (κ2) is 8.51. The van der Waals surface area contributed by atoms with Gasteiger partial charge in [0.05, 0.1) is 6.61 Å². The van der Waals surface area contributed by atoms with Crippen LogP contribution in [0.2, 0.25) is 0 Å². The van der Waals surface area contributed by atoms with Gasteiger partial charge in [-0.15, -0.1) is 0 Å². The maximum Gasteiger partial charge on any atom is 0.341 e. The molecular weight excluding hydrogens is 352 g/mol. The normalized spacial score (nSPS) is 11.5. The van der Waals surface area contributed by atoms with E-state index in [4.69, 9.17) is 4.74 Å². The van der Waals surface area contributed by atoms with Crippen LogP contribution in [0.25, 0.3) is 0 Å². The molecule has 142 valence electrons. The second-order valence-corrected chi connectivity index (χ2v) is 7.85. The predicted octanol–water partition coefficient (Wildman–Crippen LogP) is 2.73. The summed E-state index contributed by atoms with van der Waals surface area (Å²) in [6, 6.07) is 9.89. The Bertz CT molecular complexity index is 871. The number of hydrogen-bond acceptors (Lipinski definition) is 4. The van der Waals surface area contributed by atoms with Crippen molar-refractivity contribution in [2.75, 3.05) is 13.2 Å². The zero-order valence-electron chi connectivity index (χ0n) is 15.7. The molecule has 2 aromatic rings. The molecule has 0 bridgehead atoms. The first-order chi connectivity index (χ1) is 12.3. The summed E-state index contributed by atoms with van der Waals surface area (Å²) in [5, 5.41) is 0. The van der Waals surface area contributed by atoms with Gasteiger partial charge in [-0.05, 0) is 39.2 Å². The topological polar surface area (TPSA) is 77.4 Å². The van der Waals surface area contributed by atoms with E-state index >= 15 is 0 Å². The van der Waals surface area contributed by atoms with Crippen LogP contribution in [0.5, 0.6) is 0 Å². The smallest absolute Gasteiger partial charge is 0.341 e. The van der Waals surface area contributed by atoms with Crippen LogP contribution >= 0.6 is 0 Å². The van der Waals surface area contributed by atoms with Crippen molar-refractivity contribution >= 4 is 16.0 Å². The van der Waals surface area contributed by atoms with Crippen molar-refractivity contribution in [1.29, 1.82) is 0 Å². The van der Waals surface area contributed by atoms with E-state index in [9.17, 15) is 13.2 Å². The van der Waals surface area contributed by atoms with Crippen molar-refractivity contribution in [3.8, 4) is 0 Å². The molecule has 7 heteroatoms. The van der Waals surface area contributed by atoms with Gasteiger partial charge < -0.3 is 9.30 Å². The lowest BCUT2D eigenvalue weighted by Crippen LogP contribution is -2.27. The fraction of sp³-hybridized carbons (Fsp3) is 0.421. The Hall–Kier alpha value is -2.12. The highest BCUT2D eigenvalue weighted by molar-refractivity contribution is 7.89. The molecule has 0 fully saturated rings. The first-order valence-corrected chi connectivity index (χ1v) is 10.1. The number of nitrogens with one attached hydrogen (secondary N) is 1. The molecule has 0 amide bonds. The van der Waals surface area contributed by atoms with E-state index in [1.54, 1.807) is 32.4 Å². The number of aryl methyl sites for hydroxylation is 1. The molecule has 26 heavy (non-hydrogen) atoms. The van der Waals surface area contributed by atoms with Crippen molar-refractivity contribution in [2.45, 2.75) is 38.5 Å². The molecule has 0 spiro atoms. The van der Waals surface area contributed by atoms with E-state index in [-0.39, 0.29) is 17.1 Å². The van der Waals surface area contributed by atoms with Gasteiger partial charge in [0.2, 0.25) is 10.0 Å². The molecule has 0 aliphatic rings. The third-order valence-corrected chi connectivity index (χ3v) is 6.07. The summed E-state index contributed by atoms with van der Waals surface area (Å²) in [4.78, 5) is 12.3. The number of hydrogen-bond donors (Lipinski definition) is 1. The lowest BCUT2D eigenvalue weighted by atomic mass is 10.1. The lowest BCUT2D eigenvalue weighted by Gasteiger charge is -2.09. The van der Waals surface area contributed by atoms with Gasteiger partial charge >= 0.3 is 5.97 Å². The molecule has 1 aromatic heterocycles. The maximum absolute atomic E-state index is 12.8. The van der Waals surface area contributed by atoms with Crippen molar-refractivity contribution in [3.63, 3.8) is 0 Å². The van der Waals surface area contributed by atoms with Gasteiger partial charge in [0, 0.05) is 25.0 Å². The average molecular weight is 378 g/mol. The summed E-state index contributed by atoms with van der Waals surface area (Å²) < 4.78 is 35.0. The Balaban J connectivity index is 2.17. The van der Waals surface area contributed by atoms with Crippen molar-refractivity contribution in [3.05, 3.63) is 52.8 Å². The molecule has 0 aliphatic carbocycles. The van der Waals surface area contributed by atoms with Crippen LogP contribution in [0.3, 0.4) is 0 Å². The zero-order valence-corrected chi connectivity index (χ0v) is 16.5. The molecule has 1 aromatic carbocycles. The van der Waals surface area contributed by atoms with Gasteiger partial charge in [0.25, 0.3) is 0 Å². The summed E-state index contributed by atoms with van der Waals surface area (Å²) in [7, 11) is -2.07. The molecule has 1 heterocycles. The van der Waals surface area contributed by atoms with Crippen LogP contribution in [-0.2, 0) is 28.2 Å². The quantitative estimate of drug-likeness (QED) is 0.566. The van der Waals surface area contributed by atoms with Crippen LogP contribution < -0.4 is 4.72 Å². The number of sulfonamides is 1. The first kappa shape index (κ1) is 20.2. The van der Waals surface area contributed by atoms with E-state index in [1.807, 2.05) is 30.3 Å². The van der Waals surface area contributed by atoms with Gasteiger partial charge in [0.15, 0.2) is 0 Å². The van der Waals surface area contributed by atoms with Crippen molar-refractivity contribution < 1.29 is 17.9 Å². The highest BCUT2D eigenvalue weighted by Gasteiger charge is 2.31. The number of aromatic nitrogens is 1. The van der Waals surface area contributed by atoms with E-state index in [0.29, 0.717) is 24.4 Å². The molecule has 0 radical (unpaired) electrons. The standard InChI is InChI=1S/C19H26N2O4S/c1-5-25-19(22)17-14(2)21(4)15(3)18(17)26(23,24)20-13-9-12-16-10-7-6-8-11-16/h6-8,10-11,20H,5,9,12-13H2,1-4H3. The predicted molar refractivity (Wildman–Crippen MR) is 101 cm³/mol. The molecule has 6 nitrogen and oxygen atoms in total. The maximum atomic E-state index is 12.8. The Morgan fingerprint density at radius 1 is 1.15 bits per heavy atom. The third kappa shape index (κ3) is 4.34. The number of carbonyl (C=O) groups excluding carboxylic acids is 1. The van der Waals surface area contributed by atoms with Crippen molar-refractivity contribution in [2.24, 2.45) is 7.05 Å². The van der Waals surface area contributed by atoms with Gasteiger partial charge in [-0.2, -0.15) is 0 Å². The summed E-state index contributed by atoms with van der Waals surface area (Å²) >= 11 is 0. The Labute approximate surface area is 155 Å². The van der Waals surface area contributed by atoms with E-state index < -0.39 is 16.0 Å². The Kier molecular flexibility index (Phi) is 6.61. The SMILES string of the molecule is CCOC(=O)c1c(S(=O)(=O)NCCCc2ccccc2)c(C)n(C)c1C.